The predicted molar refractivity (Wildman–Crippen MR) is 103 cm³/mol. The van der Waals surface area contributed by atoms with Gasteiger partial charge in [-0.15, -0.1) is 0 Å². The van der Waals surface area contributed by atoms with Crippen LogP contribution in [0.2, 0.25) is 6.04 Å². The van der Waals surface area contributed by atoms with Crippen molar-refractivity contribution in [3.05, 3.63) is 0 Å². The summed E-state index contributed by atoms with van der Waals surface area (Å²) in [6.07, 6.45) is 8.28. The summed E-state index contributed by atoms with van der Waals surface area (Å²) in [5, 5.41) is 1.73. The SMILES string of the molecule is CCCCC(C)SC(C)CCCC.CC[Si](OC)(OC)OC. The van der Waals surface area contributed by atoms with Crippen molar-refractivity contribution in [2.45, 2.75) is 89.7 Å². The summed E-state index contributed by atoms with van der Waals surface area (Å²) in [4.78, 5) is 0. The first-order valence-corrected chi connectivity index (χ1v) is 11.6. The number of rotatable bonds is 12. The summed E-state index contributed by atoms with van der Waals surface area (Å²) in [5.74, 6) is 0. The van der Waals surface area contributed by atoms with E-state index in [1.807, 2.05) is 6.92 Å². The highest BCUT2D eigenvalue weighted by Gasteiger charge is 2.34. The highest BCUT2D eigenvalue weighted by molar-refractivity contribution is 8.00. The summed E-state index contributed by atoms with van der Waals surface area (Å²) in [6, 6.07) is 0.816. The summed E-state index contributed by atoms with van der Waals surface area (Å²) in [7, 11) is 2.65. The lowest BCUT2D eigenvalue weighted by molar-refractivity contribution is 0.125. The topological polar surface area (TPSA) is 27.7 Å². The molecule has 0 aliphatic rings. The molecule has 0 saturated carbocycles. The molecule has 2 unspecified atom stereocenters. The van der Waals surface area contributed by atoms with Crippen LogP contribution in [0.25, 0.3) is 0 Å². The second-order valence-electron chi connectivity index (χ2n) is 5.69. The fourth-order valence-corrected chi connectivity index (χ4v) is 4.96. The molecule has 0 heterocycles. The van der Waals surface area contributed by atoms with Gasteiger partial charge in [0, 0.05) is 37.9 Å². The van der Waals surface area contributed by atoms with Gasteiger partial charge >= 0.3 is 8.80 Å². The first-order valence-electron chi connectivity index (χ1n) is 8.75. The quantitative estimate of drug-likeness (QED) is 0.417. The zero-order valence-corrected chi connectivity index (χ0v) is 18.1. The van der Waals surface area contributed by atoms with Crippen molar-refractivity contribution in [1.82, 2.24) is 0 Å². The number of thioether (sulfide) groups is 1. The van der Waals surface area contributed by atoms with E-state index in [0.29, 0.717) is 0 Å². The molecule has 0 aromatic rings. The Labute approximate surface area is 145 Å². The highest BCUT2D eigenvalue weighted by atomic mass is 32.2. The van der Waals surface area contributed by atoms with Gasteiger partial charge in [-0.1, -0.05) is 60.3 Å². The monoisotopic (exact) mass is 352 g/mol. The fraction of sp³-hybridized carbons (Fsp3) is 1.00. The first-order chi connectivity index (χ1) is 10.4. The van der Waals surface area contributed by atoms with Gasteiger partial charge in [0.25, 0.3) is 0 Å². The molecule has 0 N–H and O–H groups in total. The second-order valence-corrected chi connectivity index (χ2v) is 10.9. The van der Waals surface area contributed by atoms with Crippen molar-refractivity contribution in [3.8, 4) is 0 Å². The summed E-state index contributed by atoms with van der Waals surface area (Å²) < 4.78 is 15.2. The van der Waals surface area contributed by atoms with E-state index >= 15 is 0 Å². The molecule has 0 aliphatic heterocycles. The number of hydrogen-bond donors (Lipinski definition) is 0. The van der Waals surface area contributed by atoms with Crippen LogP contribution < -0.4 is 0 Å². The van der Waals surface area contributed by atoms with E-state index in [2.05, 4.69) is 39.5 Å². The van der Waals surface area contributed by atoms with Crippen LogP contribution in [-0.2, 0) is 13.3 Å². The third-order valence-corrected chi connectivity index (χ3v) is 7.89. The van der Waals surface area contributed by atoms with Crippen molar-refractivity contribution in [1.29, 1.82) is 0 Å². The van der Waals surface area contributed by atoms with Crippen molar-refractivity contribution < 1.29 is 13.3 Å². The molecular formula is C17H40O3SSi. The Hall–Kier alpha value is 0.447. The van der Waals surface area contributed by atoms with Crippen LogP contribution in [0.1, 0.15) is 73.1 Å². The van der Waals surface area contributed by atoms with Crippen molar-refractivity contribution >= 4 is 20.6 Å². The van der Waals surface area contributed by atoms with Gasteiger partial charge in [-0.05, 0) is 12.8 Å². The minimum absolute atomic E-state index is 0.816. The van der Waals surface area contributed by atoms with Gasteiger partial charge in [0.2, 0.25) is 0 Å². The van der Waals surface area contributed by atoms with E-state index < -0.39 is 8.80 Å². The molecule has 136 valence electrons. The van der Waals surface area contributed by atoms with Gasteiger partial charge in [0.05, 0.1) is 0 Å². The minimum Gasteiger partial charge on any atom is -0.377 e. The molecule has 0 aliphatic carbocycles. The minimum atomic E-state index is -2.19. The molecule has 0 aromatic carbocycles. The number of unbranched alkanes of at least 4 members (excludes halogenated alkanes) is 2. The van der Waals surface area contributed by atoms with Crippen molar-refractivity contribution in [2.75, 3.05) is 21.3 Å². The third-order valence-electron chi connectivity index (χ3n) is 3.76. The van der Waals surface area contributed by atoms with Crippen LogP contribution in [0.5, 0.6) is 0 Å². The van der Waals surface area contributed by atoms with E-state index in [1.165, 1.54) is 38.5 Å². The predicted octanol–water partition coefficient (Wildman–Crippen LogP) is 5.76. The van der Waals surface area contributed by atoms with E-state index in [4.69, 9.17) is 13.3 Å². The lowest BCUT2D eigenvalue weighted by atomic mass is 10.2. The Kier molecular flexibility index (Phi) is 18.3. The molecule has 0 bridgehead atoms. The molecule has 0 aromatic heterocycles. The van der Waals surface area contributed by atoms with Crippen LogP contribution in [0.3, 0.4) is 0 Å². The van der Waals surface area contributed by atoms with Crippen LogP contribution >= 0.6 is 11.8 Å². The standard InChI is InChI=1S/C12H26S.C5H14O3Si/c1-5-7-9-11(3)13-12(4)10-8-6-2;1-5-9(6-2,7-3)8-4/h11-12H,5-10H2,1-4H3;5H2,1-4H3. The molecule has 0 fully saturated rings. The van der Waals surface area contributed by atoms with Crippen molar-refractivity contribution in [2.24, 2.45) is 0 Å². The zero-order chi connectivity index (χ0) is 17.4. The maximum atomic E-state index is 5.08. The molecule has 0 radical (unpaired) electrons. The maximum absolute atomic E-state index is 5.08. The summed E-state index contributed by atoms with van der Waals surface area (Å²) in [6.45, 7) is 11.3. The van der Waals surface area contributed by atoms with Gasteiger partial charge in [0.1, 0.15) is 0 Å². The zero-order valence-electron chi connectivity index (χ0n) is 16.2. The molecule has 0 amide bonds. The third kappa shape index (κ3) is 12.9. The van der Waals surface area contributed by atoms with Gasteiger partial charge in [-0.3, -0.25) is 0 Å². The molecule has 0 saturated heterocycles. The second kappa shape index (κ2) is 16.3. The largest absolute Gasteiger partial charge is 0.499 e. The Morgan fingerprint density at radius 2 is 1.14 bits per heavy atom. The molecule has 2 atom stereocenters. The molecule has 5 heteroatoms. The molecule has 3 nitrogen and oxygen atoms in total. The summed E-state index contributed by atoms with van der Waals surface area (Å²) >= 11 is 2.18. The van der Waals surface area contributed by atoms with Gasteiger partial charge in [0.15, 0.2) is 0 Å². The number of hydrogen-bond acceptors (Lipinski definition) is 4. The Morgan fingerprint density at radius 3 is 1.32 bits per heavy atom. The molecule has 0 spiro atoms. The van der Waals surface area contributed by atoms with E-state index in [9.17, 15) is 0 Å². The van der Waals surface area contributed by atoms with Gasteiger partial charge < -0.3 is 13.3 Å². The van der Waals surface area contributed by atoms with Crippen LogP contribution in [-0.4, -0.2) is 40.6 Å². The van der Waals surface area contributed by atoms with Crippen LogP contribution in [0, 0.1) is 0 Å². The molecule has 22 heavy (non-hydrogen) atoms. The van der Waals surface area contributed by atoms with E-state index in [1.54, 1.807) is 21.3 Å². The van der Waals surface area contributed by atoms with Gasteiger partial charge in [-0.2, -0.15) is 11.8 Å². The average Bonchev–Trinajstić information content (AvgIpc) is 2.54. The van der Waals surface area contributed by atoms with Crippen molar-refractivity contribution in [3.63, 3.8) is 0 Å². The average molecular weight is 353 g/mol. The summed E-state index contributed by atoms with van der Waals surface area (Å²) in [5.41, 5.74) is 0. The fourth-order valence-electron chi connectivity index (χ4n) is 2.20. The van der Waals surface area contributed by atoms with Crippen LogP contribution in [0.4, 0.5) is 0 Å². The van der Waals surface area contributed by atoms with Gasteiger partial charge in [-0.25, -0.2) is 0 Å². The normalized spacial score (nSPS) is 14.2. The lowest BCUT2D eigenvalue weighted by Crippen LogP contribution is -2.41. The lowest BCUT2D eigenvalue weighted by Gasteiger charge is -2.22. The molecular weight excluding hydrogens is 312 g/mol. The Morgan fingerprint density at radius 1 is 0.773 bits per heavy atom. The Balaban J connectivity index is 0. The molecule has 0 rings (SSSR count). The van der Waals surface area contributed by atoms with E-state index in [0.717, 1.165) is 16.5 Å². The first kappa shape index (κ1) is 24.7. The maximum Gasteiger partial charge on any atom is 0.499 e. The highest BCUT2D eigenvalue weighted by Crippen LogP contribution is 2.24. The smallest absolute Gasteiger partial charge is 0.377 e. The van der Waals surface area contributed by atoms with Crippen LogP contribution in [0.15, 0.2) is 0 Å². The van der Waals surface area contributed by atoms with E-state index in [-0.39, 0.29) is 0 Å². The Bertz CT molecular complexity index is 196.